The molecule has 0 radical (unpaired) electrons. The number of hydrogen-bond acceptors (Lipinski definition) is 3. The molecule has 0 atom stereocenters. The van der Waals surface area contributed by atoms with Crippen molar-refractivity contribution in [1.82, 2.24) is 0 Å². The molecular formula is C16H15NO3. The Bertz CT molecular complexity index is 635. The second-order valence-corrected chi connectivity index (χ2v) is 4.51. The van der Waals surface area contributed by atoms with E-state index in [0.717, 1.165) is 5.56 Å². The molecule has 0 aliphatic heterocycles. The number of anilines is 1. The van der Waals surface area contributed by atoms with Gasteiger partial charge in [-0.2, -0.15) is 0 Å². The number of hydrogen-bond donors (Lipinski definition) is 2. The number of Topliss-reactive ketones (excluding diaryl/α,β-unsaturated/α-hetero) is 1. The molecule has 0 aliphatic rings. The van der Waals surface area contributed by atoms with Gasteiger partial charge in [-0.15, -0.1) is 0 Å². The minimum absolute atomic E-state index is 0.140. The van der Waals surface area contributed by atoms with Gasteiger partial charge in [0.15, 0.2) is 5.78 Å². The Morgan fingerprint density at radius 1 is 1.10 bits per heavy atom. The van der Waals surface area contributed by atoms with Crippen LogP contribution in [-0.4, -0.2) is 16.8 Å². The molecule has 0 bridgehead atoms. The number of carbonyl (C=O) groups is 2. The summed E-state index contributed by atoms with van der Waals surface area (Å²) in [5.41, 5.74) is 1.85. The summed E-state index contributed by atoms with van der Waals surface area (Å²) in [4.78, 5) is 23.7. The first kappa shape index (κ1) is 13.8. The van der Waals surface area contributed by atoms with Crippen molar-refractivity contribution in [3.05, 3.63) is 59.7 Å². The van der Waals surface area contributed by atoms with Gasteiger partial charge in [0.2, 0.25) is 5.91 Å². The molecule has 0 saturated carbocycles. The van der Waals surface area contributed by atoms with Crippen molar-refractivity contribution in [2.24, 2.45) is 0 Å². The van der Waals surface area contributed by atoms with E-state index >= 15 is 0 Å². The quantitative estimate of drug-likeness (QED) is 0.509. The van der Waals surface area contributed by atoms with Gasteiger partial charge in [0.05, 0.1) is 6.42 Å². The Morgan fingerprint density at radius 2 is 1.80 bits per heavy atom. The van der Waals surface area contributed by atoms with Crippen molar-refractivity contribution in [1.29, 1.82) is 0 Å². The predicted molar refractivity (Wildman–Crippen MR) is 76.9 cm³/mol. The maximum absolute atomic E-state index is 11.9. The molecule has 2 aromatic rings. The fourth-order valence-corrected chi connectivity index (χ4v) is 1.85. The molecule has 0 heterocycles. The maximum atomic E-state index is 11.9. The van der Waals surface area contributed by atoms with Crippen LogP contribution in [0.15, 0.2) is 48.5 Å². The first-order chi connectivity index (χ1) is 9.56. The smallest absolute Gasteiger partial charge is 0.232 e. The summed E-state index contributed by atoms with van der Waals surface area (Å²) >= 11 is 0. The highest BCUT2D eigenvalue weighted by atomic mass is 16.3. The average molecular weight is 269 g/mol. The monoisotopic (exact) mass is 269 g/mol. The van der Waals surface area contributed by atoms with Gasteiger partial charge >= 0.3 is 0 Å². The fraction of sp³-hybridized carbons (Fsp3) is 0.125. The first-order valence-corrected chi connectivity index (χ1v) is 6.24. The standard InChI is InChI=1S/C16H15NO3/c1-11-9-13(18)7-8-14(11)17-16(20)10-15(19)12-5-3-2-4-6-12/h2-9,18H,10H2,1H3,(H,17,20). The van der Waals surface area contributed by atoms with E-state index in [1.54, 1.807) is 43.3 Å². The molecule has 20 heavy (non-hydrogen) atoms. The second kappa shape index (κ2) is 6.02. The molecule has 2 rings (SSSR count). The van der Waals surface area contributed by atoms with Crippen molar-refractivity contribution in [3.63, 3.8) is 0 Å². The Morgan fingerprint density at radius 3 is 2.45 bits per heavy atom. The number of carbonyl (C=O) groups excluding carboxylic acids is 2. The predicted octanol–water partition coefficient (Wildman–Crippen LogP) is 2.91. The van der Waals surface area contributed by atoms with Gasteiger partial charge in [-0.3, -0.25) is 9.59 Å². The fourth-order valence-electron chi connectivity index (χ4n) is 1.85. The molecule has 102 valence electrons. The zero-order valence-corrected chi connectivity index (χ0v) is 11.1. The highest BCUT2D eigenvalue weighted by Gasteiger charge is 2.12. The van der Waals surface area contributed by atoms with Crippen LogP contribution in [-0.2, 0) is 4.79 Å². The number of rotatable bonds is 4. The van der Waals surface area contributed by atoms with Crippen LogP contribution in [0.2, 0.25) is 0 Å². The largest absolute Gasteiger partial charge is 0.508 e. The van der Waals surface area contributed by atoms with E-state index in [-0.39, 0.29) is 23.9 Å². The number of aromatic hydroxyl groups is 1. The molecule has 0 spiro atoms. The number of amides is 1. The van der Waals surface area contributed by atoms with E-state index in [9.17, 15) is 14.7 Å². The summed E-state index contributed by atoms with van der Waals surface area (Å²) in [6, 6.07) is 13.3. The Hall–Kier alpha value is -2.62. The summed E-state index contributed by atoms with van der Waals surface area (Å²) in [5.74, 6) is -0.451. The third kappa shape index (κ3) is 3.45. The topological polar surface area (TPSA) is 66.4 Å². The number of nitrogens with one attached hydrogen (secondary N) is 1. The minimum atomic E-state index is -0.368. The SMILES string of the molecule is Cc1cc(O)ccc1NC(=O)CC(=O)c1ccccc1. The van der Waals surface area contributed by atoms with Crippen LogP contribution < -0.4 is 5.32 Å². The van der Waals surface area contributed by atoms with Crippen LogP contribution in [0.1, 0.15) is 22.3 Å². The van der Waals surface area contributed by atoms with Crippen molar-refractivity contribution in [2.75, 3.05) is 5.32 Å². The highest BCUT2D eigenvalue weighted by Crippen LogP contribution is 2.20. The molecule has 0 unspecified atom stereocenters. The van der Waals surface area contributed by atoms with Crippen LogP contribution in [0.25, 0.3) is 0 Å². The zero-order valence-electron chi connectivity index (χ0n) is 11.1. The van der Waals surface area contributed by atoms with E-state index in [1.165, 1.54) is 6.07 Å². The number of phenolic OH excluding ortho intramolecular Hbond substituents is 1. The molecule has 2 N–H and O–H groups in total. The summed E-state index contributed by atoms with van der Waals surface area (Å²) < 4.78 is 0. The molecule has 1 amide bonds. The lowest BCUT2D eigenvalue weighted by molar-refractivity contribution is -0.115. The second-order valence-electron chi connectivity index (χ2n) is 4.51. The van der Waals surface area contributed by atoms with E-state index in [1.807, 2.05) is 6.07 Å². The summed E-state index contributed by atoms with van der Waals surface area (Å²) in [6.07, 6.45) is -0.204. The lowest BCUT2D eigenvalue weighted by Gasteiger charge is -2.08. The normalized spacial score (nSPS) is 10.1. The summed E-state index contributed by atoms with van der Waals surface area (Å²) in [7, 11) is 0. The van der Waals surface area contributed by atoms with Gasteiger partial charge in [-0.1, -0.05) is 30.3 Å². The summed E-state index contributed by atoms with van der Waals surface area (Å²) in [6.45, 7) is 1.77. The Balaban J connectivity index is 2.01. The van der Waals surface area contributed by atoms with E-state index in [2.05, 4.69) is 5.32 Å². The average Bonchev–Trinajstić information content (AvgIpc) is 2.43. The van der Waals surface area contributed by atoms with Crippen LogP contribution >= 0.6 is 0 Å². The number of ketones is 1. The molecule has 0 fully saturated rings. The Kier molecular flexibility index (Phi) is 4.15. The first-order valence-electron chi connectivity index (χ1n) is 6.24. The van der Waals surface area contributed by atoms with E-state index in [0.29, 0.717) is 11.3 Å². The van der Waals surface area contributed by atoms with Gasteiger partial charge in [-0.25, -0.2) is 0 Å². The molecule has 4 nitrogen and oxygen atoms in total. The Labute approximate surface area is 117 Å². The molecule has 2 aromatic carbocycles. The van der Waals surface area contributed by atoms with Gasteiger partial charge in [0, 0.05) is 11.3 Å². The van der Waals surface area contributed by atoms with Crippen LogP contribution in [0.4, 0.5) is 5.69 Å². The van der Waals surface area contributed by atoms with Gasteiger partial charge in [0.1, 0.15) is 5.75 Å². The molecule has 0 aliphatic carbocycles. The number of phenols is 1. The van der Waals surface area contributed by atoms with Crippen molar-refractivity contribution in [2.45, 2.75) is 13.3 Å². The van der Waals surface area contributed by atoms with Gasteiger partial charge in [-0.05, 0) is 30.7 Å². The minimum Gasteiger partial charge on any atom is -0.508 e. The van der Waals surface area contributed by atoms with Crippen molar-refractivity contribution >= 4 is 17.4 Å². The lowest BCUT2D eigenvalue weighted by atomic mass is 10.1. The molecule has 0 saturated heterocycles. The van der Waals surface area contributed by atoms with E-state index in [4.69, 9.17) is 0 Å². The molecular weight excluding hydrogens is 254 g/mol. The third-order valence-corrected chi connectivity index (χ3v) is 2.90. The van der Waals surface area contributed by atoms with Crippen LogP contribution in [0, 0.1) is 6.92 Å². The van der Waals surface area contributed by atoms with Crippen molar-refractivity contribution in [3.8, 4) is 5.75 Å². The maximum Gasteiger partial charge on any atom is 0.232 e. The van der Waals surface area contributed by atoms with E-state index < -0.39 is 0 Å². The molecule has 0 aromatic heterocycles. The van der Waals surface area contributed by atoms with Crippen LogP contribution in [0.5, 0.6) is 5.75 Å². The van der Waals surface area contributed by atoms with Crippen LogP contribution in [0.3, 0.4) is 0 Å². The zero-order chi connectivity index (χ0) is 14.5. The summed E-state index contributed by atoms with van der Waals surface area (Å²) in [5, 5.41) is 12.0. The molecule has 4 heteroatoms. The lowest BCUT2D eigenvalue weighted by Crippen LogP contribution is -2.17. The number of benzene rings is 2. The number of aryl methyl sites for hydroxylation is 1. The van der Waals surface area contributed by atoms with Crippen molar-refractivity contribution < 1.29 is 14.7 Å². The van der Waals surface area contributed by atoms with Gasteiger partial charge in [0.25, 0.3) is 0 Å². The third-order valence-electron chi connectivity index (χ3n) is 2.90. The van der Waals surface area contributed by atoms with Gasteiger partial charge < -0.3 is 10.4 Å². The highest BCUT2D eigenvalue weighted by molar-refractivity contribution is 6.11.